The van der Waals surface area contributed by atoms with Gasteiger partial charge < -0.3 is 9.47 Å². The summed E-state index contributed by atoms with van der Waals surface area (Å²) < 4.78 is 10.8. The van der Waals surface area contributed by atoms with Crippen LogP contribution in [-0.4, -0.2) is 44.6 Å². The number of methoxy groups -OCH3 is 2. The van der Waals surface area contributed by atoms with Gasteiger partial charge in [-0.1, -0.05) is 13.0 Å². The topological polar surface area (TPSA) is 46.4 Å². The van der Waals surface area contributed by atoms with E-state index in [0.717, 1.165) is 43.3 Å². The van der Waals surface area contributed by atoms with Crippen LogP contribution in [0.2, 0.25) is 0 Å². The number of likely N-dealkylation sites (tertiary alicyclic amines) is 1. The molecule has 1 saturated heterocycles. The van der Waals surface area contributed by atoms with Gasteiger partial charge in [-0.05, 0) is 31.9 Å². The summed E-state index contributed by atoms with van der Waals surface area (Å²) in [5.41, 5.74) is 2.34. The van der Waals surface area contributed by atoms with Crippen LogP contribution in [0.15, 0.2) is 28.4 Å². The molecule has 0 aliphatic carbocycles. The molecule has 1 aliphatic rings. The zero-order chi connectivity index (χ0) is 16.7. The Labute approximate surface area is 139 Å². The Morgan fingerprint density at radius 2 is 2.17 bits per heavy atom. The third kappa shape index (κ3) is 4.55. The first kappa shape index (κ1) is 17.5. The monoisotopic (exact) mass is 317 g/mol. The van der Waals surface area contributed by atoms with E-state index in [9.17, 15) is 0 Å². The van der Waals surface area contributed by atoms with Crippen LogP contribution in [0.4, 0.5) is 0 Å². The summed E-state index contributed by atoms with van der Waals surface area (Å²) in [6.07, 6.45) is 3.29. The first-order chi connectivity index (χ1) is 11.2. The number of ether oxygens (including phenoxy) is 2. The normalized spacial score (nSPS) is 19.4. The van der Waals surface area contributed by atoms with Gasteiger partial charge in [0.1, 0.15) is 11.5 Å². The molecule has 126 valence electrons. The maximum absolute atomic E-state index is 5.51. The predicted molar refractivity (Wildman–Crippen MR) is 94.8 cm³/mol. The second kappa shape index (κ2) is 8.67. The molecule has 1 aromatic carbocycles. The minimum atomic E-state index is 0.475. The largest absolute Gasteiger partial charge is 0.497 e. The van der Waals surface area contributed by atoms with Gasteiger partial charge >= 0.3 is 0 Å². The Morgan fingerprint density at radius 3 is 2.83 bits per heavy atom. The van der Waals surface area contributed by atoms with Gasteiger partial charge in [0, 0.05) is 43.1 Å². The minimum absolute atomic E-state index is 0.475. The molecule has 0 amide bonds. The van der Waals surface area contributed by atoms with E-state index in [-0.39, 0.29) is 0 Å². The molecule has 0 N–H and O–H groups in total. The number of hydrogen-bond donors (Lipinski definition) is 0. The number of benzene rings is 1. The van der Waals surface area contributed by atoms with Crippen molar-refractivity contribution in [2.45, 2.75) is 32.7 Å². The van der Waals surface area contributed by atoms with Crippen molar-refractivity contribution in [2.75, 3.05) is 27.3 Å². The lowest BCUT2D eigenvalue weighted by molar-refractivity contribution is 0.193. The van der Waals surface area contributed by atoms with E-state index in [0.29, 0.717) is 5.92 Å². The third-order valence-electron chi connectivity index (χ3n) is 4.43. The maximum atomic E-state index is 5.51. The number of nitrogens with zero attached hydrogens (tertiary/aromatic N) is 3. The van der Waals surface area contributed by atoms with E-state index >= 15 is 0 Å². The fourth-order valence-corrected chi connectivity index (χ4v) is 3.23. The Bertz CT molecular complexity index is 557. The van der Waals surface area contributed by atoms with Gasteiger partial charge in [0.05, 0.1) is 14.2 Å². The van der Waals surface area contributed by atoms with Crippen LogP contribution in [-0.2, 0) is 6.54 Å². The minimum Gasteiger partial charge on any atom is -0.497 e. The van der Waals surface area contributed by atoms with E-state index in [1.54, 1.807) is 14.2 Å². The van der Waals surface area contributed by atoms with E-state index in [4.69, 9.17) is 9.47 Å². The molecule has 0 bridgehead atoms. The Hall–Kier alpha value is -1.88. The molecule has 5 heteroatoms. The maximum Gasteiger partial charge on any atom is 0.127 e. The van der Waals surface area contributed by atoms with Crippen molar-refractivity contribution in [3.8, 4) is 11.5 Å². The molecule has 1 fully saturated rings. The summed E-state index contributed by atoms with van der Waals surface area (Å²) in [5.74, 6) is 2.17. The molecule has 1 aromatic rings. The highest BCUT2D eigenvalue weighted by atomic mass is 16.5. The molecule has 23 heavy (non-hydrogen) atoms. The Balaban J connectivity index is 2.08. The molecule has 1 aliphatic heterocycles. The van der Waals surface area contributed by atoms with E-state index < -0.39 is 0 Å². The van der Waals surface area contributed by atoms with Crippen molar-refractivity contribution in [3.63, 3.8) is 0 Å². The van der Waals surface area contributed by atoms with Crippen molar-refractivity contribution >= 4 is 12.4 Å². The molecule has 1 unspecified atom stereocenters. The van der Waals surface area contributed by atoms with Gasteiger partial charge in [-0.2, -0.15) is 10.2 Å². The average Bonchev–Trinajstić information content (AvgIpc) is 2.60. The van der Waals surface area contributed by atoms with Gasteiger partial charge in [-0.3, -0.25) is 4.90 Å². The molecule has 0 saturated carbocycles. The first-order valence-corrected chi connectivity index (χ1v) is 8.17. The van der Waals surface area contributed by atoms with Crippen molar-refractivity contribution in [1.82, 2.24) is 4.90 Å². The highest BCUT2D eigenvalue weighted by Crippen LogP contribution is 2.28. The lowest BCUT2D eigenvalue weighted by Gasteiger charge is -2.33. The van der Waals surface area contributed by atoms with Crippen LogP contribution in [0, 0.1) is 5.92 Å². The van der Waals surface area contributed by atoms with Gasteiger partial charge in [-0.15, -0.1) is 0 Å². The lowest BCUT2D eigenvalue weighted by atomic mass is 9.91. The summed E-state index contributed by atoms with van der Waals surface area (Å²) in [6.45, 7) is 8.61. The van der Waals surface area contributed by atoms with Crippen LogP contribution in [0.1, 0.15) is 31.7 Å². The third-order valence-corrected chi connectivity index (χ3v) is 4.43. The second-order valence-corrected chi connectivity index (χ2v) is 5.84. The van der Waals surface area contributed by atoms with Gasteiger partial charge in [-0.25, -0.2) is 0 Å². The summed E-state index contributed by atoms with van der Waals surface area (Å²) >= 11 is 0. The zero-order valence-electron chi connectivity index (χ0n) is 14.4. The van der Waals surface area contributed by atoms with Crippen LogP contribution in [0.25, 0.3) is 0 Å². The van der Waals surface area contributed by atoms with Gasteiger partial charge in [0.25, 0.3) is 0 Å². The number of hydrogen-bond acceptors (Lipinski definition) is 5. The van der Waals surface area contributed by atoms with Crippen molar-refractivity contribution in [1.29, 1.82) is 0 Å². The van der Waals surface area contributed by atoms with E-state index in [1.165, 1.54) is 18.4 Å². The highest BCUT2D eigenvalue weighted by Gasteiger charge is 2.24. The van der Waals surface area contributed by atoms with Gasteiger partial charge in [0.15, 0.2) is 0 Å². The molecule has 2 rings (SSSR count). The molecular weight excluding hydrogens is 290 g/mol. The van der Waals surface area contributed by atoms with Crippen molar-refractivity contribution in [3.05, 3.63) is 23.8 Å². The Kier molecular flexibility index (Phi) is 6.59. The molecule has 0 spiro atoms. The van der Waals surface area contributed by atoms with Crippen molar-refractivity contribution < 1.29 is 9.47 Å². The predicted octanol–water partition coefficient (Wildman–Crippen LogP) is 3.38. The first-order valence-electron chi connectivity index (χ1n) is 8.17. The standard InChI is InChI=1S/C18H27N3O2/c1-5-17(20-19-2)14-7-6-10-21(12-14)13-15-8-9-16(22-3)11-18(15)23-4/h8-9,11,14H,2,5-7,10,12-13H2,1,3-4H3/b20-17+. The SMILES string of the molecule is C=N/N=C(\CC)C1CCCN(Cc2ccc(OC)cc2OC)C1. The summed E-state index contributed by atoms with van der Waals surface area (Å²) in [5, 5.41) is 7.95. The molecule has 5 nitrogen and oxygen atoms in total. The highest BCUT2D eigenvalue weighted by molar-refractivity contribution is 5.86. The summed E-state index contributed by atoms with van der Waals surface area (Å²) in [7, 11) is 3.37. The van der Waals surface area contributed by atoms with Crippen LogP contribution < -0.4 is 9.47 Å². The molecule has 1 atom stereocenters. The quantitative estimate of drug-likeness (QED) is 0.572. The fraction of sp³-hybridized carbons (Fsp3) is 0.556. The average molecular weight is 317 g/mol. The molecule has 0 radical (unpaired) electrons. The smallest absolute Gasteiger partial charge is 0.127 e. The van der Waals surface area contributed by atoms with Crippen LogP contribution in [0.5, 0.6) is 11.5 Å². The second-order valence-electron chi connectivity index (χ2n) is 5.84. The number of rotatable bonds is 7. The molecule has 0 aromatic heterocycles. The fourth-order valence-electron chi connectivity index (χ4n) is 3.23. The lowest BCUT2D eigenvalue weighted by Crippen LogP contribution is -2.38. The van der Waals surface area contributed by atoms with E-state index in [1.807, 2.05) is 12.1 Å². The zero-order valence-corrected chi connectivity index (χ0v) is 14.4. The molecular formula is C18H27N3O2. The van der Waals surface area contributed by atoms with E-state index in [2.05, 4.69) is 34.8 Å². The molecule has 1 heterocycles. The Morgan fingerprint density at radius 1 is 1.35 bits per heavy atom. The number of piperidine rings is 1. The summed E-state index contributed by atoms with van der Waals surface area (Å²) in [6, 6.07) is 6.01. The van der Waals surface area contributed by atoms with Crippen LogP contribution in [0.3, 0.4) is 0 Å². The summed E-state index contributed by atoms with van der Waals surface area (Å²) in [4.78, 5) is 2.47. The van der Waals surface area contributed by atoms with Crippen molar-refractivity contribution in [2.24, 2.45) is 16.1 Å². The van der Waals surface area contributed by atoms with Gasteiger partial charge in [0.2, 0.25) is 0 Å². The van der Waals surface area contributed by atoms with Crippen LogP contribution >= 0.6 is 0 Å².